The molecule has 0 aliphatic rings. The third kappa shape index (κ3) is 5.43. The Labute approximate surface area is 182 Å². The van der Waals surface area contributed by atoms with Gasteiger partial charge in [-0.25, -0.2) is 0 Å². The first kappa shape index (κ1) is 20.5. The number of benzene rings is 4. The Balaban J connectivity index is 1.61. The smallest absolute Gasteiger partial charge is 0.0157 e. The molecule has 0 spiro atoms. The summed E-state index contributed by atoms with van der Waals surface area (Å²) >= 11 is 0. The van der Waals surface area contributed by atoms with Gasteiger partial charge >= 0.3 is 0 Å². The minimum atomic E-state index is -0.515. The van der Waals surface area contributed by atoms with Gasteiger partial charge in [0.1, 0.15) is 0 Å². The summed E-state index contributed by atoms with van der Waals surface area (Å²) in [5, 5.41) is 5.49. The van der Waals surface area contributed by atoms with E-state index in [0.29, 0.717) is 0 Å². The lowest BCUT2D eigenvalue weighted by atomic mass is 10.4. The fraction of sp³-hybridized carbons (Fsp3) is 0. The first-order chi connectivity index (χ1) is 14.9. The maximum atomic E-state index is 2.36. The van der Waals surface area contributed by atoms with E-state index in [-0.39, 0.29) is 0 Å². The van der Waals surface area contributed by atoms with E-state index >= 15 is 0 Å². The average molecular weight is 422 g/mol. The van der Waals surface area contributed by atoms with E-state index < -0.39 is 15.8 Å². The molecule has 0 heterocycles. The Morgan fingerprint density at radius 2 is 0.567 bits per heavy atom. The lowest BCUT2D eigenvalue weighted by molar-refractivity contribution is 1.75. The normalized spacial score (nSPS) is 11.7. The molecule has 30 heavy (non-hydrogen) atoms. The molecule has 0 radical (unpaired) electrons. The van der Waals surface area contributed by atoms with E-state index in [0.717, 1.165) is 0 Å². The van der Waals surface area contributed by atoms with Crippen molar-refractivity contribution in [1.82, 2.24) is 0 Å². The highest BCUT2D eigenvalue weighted by atomic mass is 31.1. The number of hydrogen-bond acceptors (Lipinski definition) is 0. The Morgan fingerprint density at radius 3 is 0.800 bits per heavy atom. The third-order valence-corrected chi connectivity index (χ3v) is 9.08. The highest BCUT2D eigenvalue weighted by Gasteiger charge is 2.10. The second-order valence-electron chi connectivity index (χ2n) is 6.77. The summed E-state index contributed by atoms with van der Waals surface area (Å²) in [5.41, 5.74) is 0. The SMILES string of the molecule is C(/C=C/P(c1ccccc1)c1ccccc1)=C\P(c1ccccc1)c1ccccc1. The summed E-state index contributed by atoms with van der Waals surface area (Å²) in [6, 6.07) is 43.2. The highest BCUT2D eigenvalue weighted by Crippen LogP contribution is 2.37. The van der Waals surface area contributed by atoms with Crippen molar-refractivity contribution in [1.29, 1.82) is 0 Å². The average Bonchev–Trinajstić information content (AvgIpc) is 2.84. The highest BCUT2D eigenvalue weighted by molar-refractivity contribution is 7.76. The van der Waals surface area contributed by atoms with Crippen LogP contribution in [0.5, 0.6) is 0 Å². The molecular formula is C28H24P2. The fourth-order valence-electron chi connectivity index (χ4n) is 3.27. The summed E-state index contributed by atoms with van der Waals surface area (Å²) in [7, 11) is -1.03. The predicted octanol–water partition coefficient (Wildman–Crippen LogP) is 6.28. The quantitative estimate of drug-likeness (QED) is 0.243. The molecule has 4 aromatic rings. The molecule has 0 aliphatic heterocycles. The van der Waals surface area contributed by atoms with E-state index in [1.807, 2.05) is 0 Å². The zero-order valence-corrected chi connectivity index (χ0v) is 18.5. The topological polar surface area (TPSA) is 0 Å². The Hall–Kier alpha value is -2.78. The molecule has 0 atom stereocenters. The van der Waals surface area contributed by atoms with Gasteiger partial charge in [0, 0.05) is 0 Å². The van der Waals surface area contributed by atoms with Crippen molar-refractivity contribution in [2.75, 3.05) is 0 Å². The summed E-state index contributed by atoms with van der Waals surface area (Å²) < 4.78 is 0. The van der Waals surface area contributed by atoms with Crippen LogP contribution in [0.15, 0.2) is 145 Å². The van der Waals surface area contributed by atoms with Crippen molar-refractivity contribution < 1.29 is 0 Å². The van der Waals surface area contributed by atoms with Gasteiger partial charge in [0.15, 0.2) is 0 Å². The van der Waals surface area contributed by atoms with Crippen molar-refractivity contribution in [3.8, 4) is 0 Å². The van der Waals surface area contributed by atoms with Crippen LogP contribution in [0, 0.1) is 0 Å². The van der Waals surface area contributed by atoms with Crippen molar-refractivity contribution >= 4 is 37.1 Å². The van der Waals surface area contributed by atoms with Gasteiger partial charge in [0.05, 0.1) is 0 Å². The van der Waals surface area contributed by atoms with Crippen LogP contribution < -0.4 is 21.2 Å². The minimum absolute atomic E-state index is 0.515. The lowest BCUT2D eigenvalue weighted by Crippen LogP contribution is -2.09. The van der Waals surface area contributed by atoms with Crippen molar-refractivity contribution in [3.63, 3.8) is 0 Å². The Morgan fingerprint density at radius 1 is 0.333 bits per heavy atom. The van der Waals surface area contributed by atoms with Crippen LogP contribution in [0.25, 0.3) is 0 Å². The molecular weight excluding hydrogens is 398 g/mol. The van der Waals surface area contributed by atoms with E-state index in [4.69, 9.17) is 0 Å². The van der Waals surface area contributed by atoms with Gasteiger partial charge in [-0.2, -0.15) is 0 Å². The Bertz CT molecular complexity index is 903. The maximum Gasteiger partial charge on any atom is -0.0157 e. The van der Waals surface area contributed by atoms with Gasteiger partial charge in [0.2, 0.25) is 0 Å². The van der Waals surface area contributed by atoms with Gasteiger partial charge in [0.25, 0.3) is 0 Å². The van der Waals surface area contributed by atoms with Crippen LogP contribution in [-0.4, -0.2) is 0 Å². The standard InChI is InChI=1S/C28H24P2/c1-5-15-25(16-6-1)29(26-17-7-2-8-18-26)23-13-14-24-30(27-19-9-3-10-20-27)28-21-11-4-12-22-28/h1-24H/b23-13+,24-14+. The molecule has 0 amide bonds. The third-order valence-electron chi connectivity index (χ3n) is 4.72. The second-order valence-corrected chi connectivity index (χ2v) is 10.9. The molecule has 4 aromatic carbocycles. The number of hydrogen-bond donors (Lipinski definition) is 0. The fourth-order valence-corrected chi connectivity index (χ4v) is 7.07. The first-order valence-electron chi connectivity index (χ1n) is 10.1. The first-order valence-corrected chi connectivity index (χ1v) is 12.9. The molecule has 0 fully saturated rings. The molecule has 4 rings (SSSR count). The van der Waals surface area contributed by atoms with E-state index in [9.17, 15) is 0 Å². The molecule has 0 N–H and O–H groups in total. The zero-order chi connectivity index (χ0) is 20.4. The molecule has 146 valence electrons. The van der Waals surface area contributed by atoms with Gasteiger partial charge in [-0.3, -0.25) is 0 Å². The summed E-state index contributed by atoms with van der Waals surface area (Å²) in [6.07, 6.45) is 4.46. The van der Waals surface area contributed by atoms with Crippen LogP contribution in [0.2, 0.25) is 0 Å². The maximum absolute atomic E-state index is 2.36. The van der Waals surface area contributed by atoms with Crippen LogP contribution in [0.3, 0.4) is 0 Å². The predicted molar refractivity (Wildman–Crippen MR) is 136 cm³/mol. The van der Waals surface area contributed by atoms with Gasteiger partial charge in [-0.15, -0.1) is 0 Å². The van der Waals surface area contributed by atoms with Crippen molar-refractivity contribution in [3.05, 3.63) is 145 Å². The molecule has 0 bridgehead atoms. The molecule has 0 aliphatic carbocycles. The zero-order valence-electron chi connectivity index (χ0n) is 16.8. The summed E-state index contributed by atoms with van der Waals surface area (Å²) in [4.78, 5) is 0. The summed E-state index contributed by atoms with van der Waals surface area (Å²) in [5.74, 6) is 4.72. The van der Waals surface area contributed by atoms with E-state index in [2.05, 4.69) is 145 Å². The number of allylic oxidation sites excluding steroid dienone is 2. The monoisotopic (exact) mass is 422 g/mol. The second kappa shape index (κ2) is 10.8. The molecule has 0 unspecified atom stereocenters. The van der Waals surface area contributed by atoms with Crippen LogP contribution in [0.1, 0.15) is 0 Å². The minimum Gasteiger partial charge on any atom is -0.0622 e. The van der Waals surface area contributed by atoms with Crippen LogP contribution >= 0.6 is 15.8 Å². The van der Waals surface area contributed by atoms with Gasteiger partial charge < -0.3 is 0 Å². The molecule has 0 saturated heterocycles. The van der Waals surface area contributed by atoms with Crippen LogP contribution in [0.4, 0.5) is 0 Å². The van der Waals surface area contributed by atoms with Gasteiger partial charge in [-0.1, -0.05) is 145 Å². The molecule has 0 nitrogen and oxygen atoms in total. The van der Waals surface area contributed by atoms with Crippen molar-refractivity contribution in [2.45, 2.75) is 0 Å². The summed E-state index contributed by atoms with van der Waals surface area (Å²) in [6.45, 7) is 0. The Kier molecular flexibility index (Phi) is 7.41. The van der Waals surface area contributed by atoms with E-state index in [1.54, 1.807) is 0 Å². The molecule has 0 aromatic heterocycles. The van der Waals surface area contributed by atoms with Crippen molar-refractivity contribution in [2.24, 2.45) is 0 Å². The van der Waals surface area contributed by atoms with Gasteiger partial charge in [-0.05, 0) is 37.1 Å². The lowest BCUT2D eigenvalue weighted by Gasteiger charge is -2.15. The van der Waals surface area contributed by atoms with Crippen LogP contribution in [-0.2, 0) is 0 Å². The number of rotatable bonds is 7. The van der Waals surface area contributed by atoms with E-state index in [1.165, 1.54) is 21.2 Å². The molecule has 2 heteroatoms. The largest absolute Gasteiger partial charge is 0.0622 e. The molecule has 0 saturated carbocycles.